The van der Waals surface area contributed by atoms with E-state index in [0.29, 0.717) is 12.3 Å². The zero-order chi connectivity index (χ0) is 11.5. The lowest BCUT2D eigenvalue weighted by atomic mass is 9.97. The Labute approximate surface area is 119 Å². The monoisotopic (exact) mass is 345 g/mol. The van der Waals surface area contributed by atoms with Gasteiger partial charge in [0, 0.05) is 6.42 Å². The minimum absolute atomic E-state index is 0. The highest BCUT2D eigenvalue weighted by molar-refractivity contribution is 6.41. The molecule has 1 aliphatic heterocycles. The molecule has 0 fully saturated rings. The fraction of sp³-hybridized carbons (Fsp3) is 0.385. The molecule has 3 nitrogen and oxygen atoms in total. The summed E-state index contributed by atoms with van der Waals surface area (Å²) in [5.41, 5.74) is 2.92. The normalized spacial score (nSPS) is 13.8. The first-order valence-electron chi connectivity index (χ1n) is 5.57. The maximum Gasteiger partial charge on any atom is 0.403 e. The summed E-state index contributed by atoms with van der Waals surface area (Å²) in [6.07, 6.45) is 0.982. The largest absolute Gasteiger partial charge is 1.00 e. The topological polar surface area (TPSA) is 29.3 Å². The van der Waals surface area contributed by atoms with Crippen molar-refractivity contribution in [1.82, 2.24) is 0 Å². The summed E-state index contributed by atoms with van der Waals surface area (Å²) in [6, 6.07) is 8.02. The number of carbonyl (C=O) groups excluding carboxylic acids is 1. The summed E-state index contributed by atoms with van der Waals surface area (Å²) in [5.74, 6) is -0.225. The summed E-state index contributed by atoms with van der Waals surface area (Å²) < 4.78 is 7.06. The smallest absolute Gasteiger partial charge is 0.403 e. The summed E-state index contributed by atoms with van der Waals surface area (Å²) >= 11 is 0. The molecule has 0 unspecified atom stereocenters. The summed E-state index contributed by atoms with van der Waals surface area (Å²) in [7, 11) is 1.93. The van der Waals surface area contributed by atoms with Gasteiger partial charge in [0.15, 0.2) is 0 Å². The Hall–Kier alpha value is -0.910. The van der Waals surface area contributed by atoms with E-state index < -0.39 is 0 Å². The summed E-state index contributed by atoms with van der Waals surface area (Å²) in [4.78, 5) is 11.9. The van der Waals surface area contributed by atoms with Crippen molar-refractivity contribution in [1.29, 1.82) is 0 Å². The van der Waals surface area contributed by atoms with Crippen LogP contribution in [0.4, 0.5) is 0 Å². The first kappa shape index (κ1) is 14.2. The second-order valence-electron chi connectivity index (χ2n) is 3.90. The van der Waals surface area contributed by atoms with E-state index in [1.54, 1.807) is 0 Å². The van der Waals surface area contributed by atoms with E-state index in [9.17, 15) is 4.79 Å². The standard InChI is InChI=1S/C13H16NO2.HI/c1-3-16-13(15)12-11-7-5-4-6-10(11)8-9-14(12)2;/h4-7H,3,8-9H2,1-2H3;1H/q+1;/p-1. The van der Waals surface area contributed by atoms with Gasteiger partial charge in [-0.25, -0.2) is 9.37 Å². The van der Waals surface area contributed by atoms with E-state index in [2.05, 4.69) is 6.07 Å². The number of halogens is 1. The highest BCUT2D eigenvalue weighted by atomic mass is 127. The molecule has 0 aliphatic carbocycles. The van der Waals surface area contributed by atoms with Gasteiger partial charge in [-0.3, -0.25) is 0 Å². The zero-order valence-corrected chi connectivity index (χ0v) is 12.2. The van der Waals surface area contributed by atoms with Crippen LogP contribution in [0.5, 0.6) is 0 Å². The first-order chi connectivity index (χ1) is 7.74. The van der Waals surface area contributed by atoms with Crippen molar-refractivity contribution in [2.45, 2.75) is 13.3 Å². The van der Waals surface area contributed by atoms with Crippen molar-refractivity contribution in [3.05, 3.63) is 35.4 Å². The fourth-order valence-electron chi connectivity index (χ4n) is 2.04. The Morgan fingerprint density at radius 1 is 1.41 bits per heavy atom. The molecule has 0 spiro atoms. The van der Waals surface area contributed by atoms with Crippen molar-refractivity contribution in [3.8, 4) is 0 Å². The molecule has 1 aromatic carbocycles. The minimum atomic E-state index is -0.225. The van der Waals surface area contributed by atoms with Gasteiger partial charge in [0.05, 0.1) is 12.2 Å². The number of hydrogen-bond donors (Lipinski definition) is 0. The van der Waals surface area contributed by atoms with Gasteiger partial charge in [0.25, 0.3) is 5.71 Å². The van der Waals surface area contributed by atoms with Gasteiger partial charge in [0.2, 0.25) is 0 Å². The van der Waals surface area contributed by atoms with Gasteiger partial charge in [-0.15, -0.1) is 0 Å². The number of likely N-dealkylation sites (N-methyl/N-ethyl adjacent to an activating group) is 1. The van der Waals surface area contributed by atoms with E-state index in [-0.39, 0.29) is 29.9 Å². The molecule has 0 amide bonds. The van der Waals surface area contributed by atoms with Gasteiger partial charge in [-0.05, 0) is 18.6 Å². The highest BCUT2D eigenvalue weighted by Crippen LogP contribution is 2.15. The average molecular weight is 345 g/mol. The molecule has 4 heteroatoms. The van der Waals surface area contributed by atoms with Gasteiger partial charge in [-0.2, -0.15) is 0 Å². The van der Waals surface area contributed by atoms with Crippen LogP contribution in [0.25, 0.3) is 0 Å². The number of esters is 1. The zero-order valence-electron chi connectivity index (χ0n) is 10.1. The number of nitrogens with zero attached hydrogens (tertiary/aromatic N) is 1. The van der Waals surface area contributed by atoms with Crippen molar-refractivity contribution >= 4 is 11.7 Å². The Morgan fingerprint density at radius 2 is 2.12 bits per heavy atom. The lowest BCUT2D eigenvalue weighted by Crippen LogP contribution is -3.00. The maximum atomic E-state index is 11.9. The first-order valence-corrected chi connectivity index (χ1v) is 5.57. The third-order valence-corrected chi connectivity index (χ3v) is 2.84. The molecule has 2 rings (SSSR count). The molecule has 1 aliphatic rings. The van der Waals surface area contributed by atoms with Crippen molar-refractivity contribution in [2.24, 2.45) is 0 Å². The Balaban J connectivity index is 0.00000144. The molecule has 92 valence electrons. The van der Waals surface area contributed by atoms with Gasteiger partial charge in [-0.1, -0.05) is 18.2 Å². The third kappa shape index (κ3) is 2.86. The van der Waals surface area contributed by atoms with Crippen LogP contribution in [-0.4, -0.2) is 36.5 Å². The maximum absolute atomic E-state index is 11.9. The molecule has 1 heterocycles. The van der Waals surface area contributed by atoms with Crippen molar-refractivity contribution < 1.29 is 38.1 Å². The quantitative estimate of drug-likeness (QED) is 0.361. The molecular formula is C13H16INO2. The van der Waals surface area contributed by atoms with E-state index >= 15 is 0 Å². The summed E-state index contributed by atoms with van der Waals surface area (Å²) in [5, 5.41) is 0. The number of benzene rings is 1. The van der Waals surface area contributed by atoms with Crippen LogP contribution in [0.15, 0.2) is 24.3 Å². The van der Waals surface area contributed by atoms with Crippen LogP contribution in [0, 0.1) is 0 Å². The molecule has 0 aromatic heterocycles. The average Bonchev–Trinajstić information content (AvgIpc) is 2.29. The Kier molecular flexibility index (Phi) is 5.11. The van der Waals surface area contributed by atoms with Crippen LogP contribution in [0.2, 0.25) is 0 Å². The van der Waals surface area contributed by atoms with Gasteiger partial charge >= 0.3 is 5.97 Å². The third-order valence-electron chi connectivity index (χ3n) is 2.84. The molecular weight excluding hydrogens is 329 g/mol. The molecule has 17 heavy (non-hydrogen) atoms. The highest BCUT2D eigenvalue weighted by Gasteiger charge is 2.30. The molecule has 0 atom stereocenters. The molecule has 0 N–H and O–H groups in total. The number of carbonyl (C=O) groups is 1. The van der Waals surface area contributed by atoms with Crippen LogP contribution in [0.3, 0.4) is 0 Å². The second-order valence-corrected chi connectivity index (χ2v) is 3.90. The molecule has 0 radical (unpaired) electrons. The van der Waals surface area contributed by atoms with Gasteiger partial charge < -0.3 is 28.7 Å². The van der Waals surface area contributed by atoms with Crippen LogP contribution in [0.1, 0.15) is 18.1 Å². The van der Waals surface area contributed by atoms with Gasteiger partial charge in [0.1, 0.15) is 13.6 Å². The SMILES string of the molecule is CCOC(=O)C1=[N+](C)CCc2ccccc21.[I-]. The Bertz CT molecular complexity index is 454. The van der Waals surface area contributed by atoms with E-state index in [4.69, 9.17) is 4.74 Å². The molecule has 1 aromatic rings. The van der Waals surface area contributed by atoms with E-state index in [0.717, 1.165) is 18.5 Å². The number of rotatable bonds is 2. The predicted molar refractivity (Wildman–Crippen MR) is 61.9 cm³/mol. The second kappa shape index (κ2) is 6.14. The fourth-order valence-corrected chi connectivity index (χ4v) is 2.04. The molecule has 0 saturated heterocycles. The molecule has 0 saturated carbocycles. The van der Waals surface area contributed by atoms with Crippen LogP contribution >= 0.6 is 0 Å². The predicted octanol–water partition coefficient (Wildman–Crippen LogP) is -1.76. The Morgan fingerprint density at radius 3 is 2.82 bits per heavy atom. The van der Waals surface area contributed by atoms with E-state index in [1.165, 1.54) is 5.56 Å². The number of fused-ring (bicyclic) bond motifs is 1. The summed E-state index contributed by atoms with van der Waals surface area (Å²) in [6.45, 7) is 3.11. The number of hydrogen-bond acceptors (Lipinski definition) is 2. The van der Waals surface area contributed by atoms with Crippen molar-refractivity contribution in [2.75, 3.05) is 20.2 Å². The van der Waals surface area contributed by atoms with Crippen LogP contribution < -0.4 is 24.0 Å². The lowest BCUT2D eigenvalue weighted by Gasteiger charge is -2.14. The minimum Gasteiger partial charge on any atom is -1.00 e. The number of ether oxygens (including phenoxy) is 1. The van der Waals surface area contributed by atoms with E-state index in [1.807, 2.05) is 36.7 Å². The molecule has 0 bridgehead atoms. The van der Waals surface area contributed by atoms with Crippen molar-refractivity contribution in [3.63, 3.8) is 0 Å². The lowest BCUT2D eigenvalue weighted by molar-refractivity contribution is -0.497. The van der Waals surface area contributed by atoms with Crippen LogP contribution in [-0.2, 0) is 16.0 Å².